The SMILES string of the molecule is CCCCCCC(CCCCC)C1(O)COC1. The molecule has 1 aliphatic heterocycles. The van der Waals surface area contributed by atoms with Crippen molar-refractivity contribution in [3.05, 3.63) is 0 Å². The number of hydrogen-bond acceptors (Lipinski definition) is 2. The Kier molecular flexibility index (Phi) is 7.14. The van der Waals surface area contributed by atoms with Crippen LogP contribution >= 0.6 is 0 Å². The number of rotatable bonds is 10. The summed E-state index contributed by atoms with van der Waals surface area (Å²) in [5, 5.41) is 10.4. The van der Waals surface area contributed by atoms with Crippen LogP contribution in [0.2, 0.25) is 0 Å². The first kappa shape index (κ1) is 15.0. The first-order chi connectivity index (χ1) is 8.23. The quantitative estimate of drug-likeness (QED) is 0.588. The molecule has 17 heavy (non-hydrogen) atoms. The van der Waals surface area contributed by atoms with Crippen LogP contribution in [0.3, 0.4) is 0 Å². The fourth-order valence-corrected chi connectivity index (χ4v) is 2.69. The highest BCUT2D eigenvalue weighted by Gasteiger charge is 2.42. The molecular weight excluding hydrogens is 212 g/mol. The van der Waals surface area contributed by atoms with E-state index in [-0.39, 0.29) is 0 Å². The predicted molar refractivity (Wildman–Crippen MR) is 72.2 cm³/mol. The minimum atomic E-state index is -0.486. The molecule has 1 aliphatic rings. The average molecular weight is 242 g/mol. The zero-order chi connectivity index (χ0) is 12.6. The molecule has 2 heteroatoms. The fraction of sp³-hybridized carbons (Fsp3) is 1.00. The summed E-state index contributed by atoms with van der Waals surface area (Å²) >= 11 is 0. The molecule has 1 heterocycles. The summed E-state index contributed by atoms with van der Waals surface area (Å²) in [4.78, 5) is 0. The molecular formula is C15H30O2. The Balaban J connectivity index is 2.26. The monoisotopic (exact) mass is 242 g/mol. The van der Waals surface area contributed by atoms with Gasteiger partial charge in [-0.05, 0) is 18.8 Å². The highest BCUT2D eigenvalue weighted by molar-refractivity contribution is 4.92. The van der Waals surface area contributed by atoms with Crippen LogP contribution in [0.5, 0.6) is 0 Å². The van der Waals surface area contributed by atoms with Crippen molar-refractivity contribution < 1.29 is 9.84 Å². The molecule has 1 fully saturated rings. The molecule has 0 aromatic heterocycles. The molecule has 1 rings (SSSR count). The molecule has 1 unspecified atom stereocenters. The van der Waals surface area contributed by atoms with Crippen molar-refractivity contribution in [2.24, 2.45) is 5.92 Å². The molecule has 0 aromatic rings. The molecule has 2 nitrogen and oxygen atoms in total. The maximum atomic E-state index is 10.4. The molecule has 0 saturated carbocycles. The van der Waals surface area contributed by atoms with E-state index in [1.54, 1.807) is 0 Å². The summed E-state index contributed by atoms with van der Waals surface area (Å²) in [6.07, 6.45) is 11.4. The van der Waals surface area contributed by atoms with E-state index in [1.165, 1.54) is 57.8 Å². The van der Waals surface area contributed by atoms with Gasteiger partial charge in [-0.2, -0.15) is 0 Å². The second-order valence-electron chi connectivity index (χ2n) is 5.64. The van der Waals surface area contributed by atoms with Gasteiger partial charge in [-0.25, -0.2) is 0 Å². The van der Waals surface area contributed by atoms with Gasteiger partial charge >= 0.3 is 0 Å². The smallest absolute Gasteiger partial charge is 0.114 e. The third kappa shape index (κ3) is 4.97. The van der Waals surface area contributed by atoms with Crippen LogP contribution in [0.4, 0.5) is 0 Å². The first-order valence-corrected chi connectivity index (χ1v) is 7.53. The summed E-state index contributed by atoms with van der Waals surface area (Å²) < 4.78 is 5.20. The summed E-state index contributed by atoms with van der Waals surface area (Å²) in [6, 6.07) is 0. The van der Waals surface area contributed by atoms with Gasteiger partial charge in [-0.3, -0.25) is 0 Å². The standard InChI is InChI=1S/C15H30O2/c1-3-5-7-9-11-14(10-8-6-4-2)15(16)12-17-13-15/h14,16H,3-13H2,1-2H3. The predicted octanol–water partition coefficient (Wildman–Crippen LogP) is 3.91. The zero-order valence-electron chi connectivity index (χ0n) is 11.7. The van der Waals surface area contributed by atoms with Crippen LogP contribution in [-0.4, -0.2) is 23.9 Å². The summed E-state index contributed by atoms with van der Waals surface area (Å²) in [5.74, 6) is 0.472. The van der Waals surface area contributed by atoms with Crippen molar-refractivity contribution in [1.82, 2.24) is 0 Å². The van der Waals surface area contributed by atoms with E-state index in [9.17, 15) is 5.11 Å². The molecule has 0 radical (unpaired) electrons. The van der Waals surface area contributed by atoms with Gasteiger partial charge in [0.15, 0.2) is 0 Å². The lowest BCUT2D eigenvalue weighted by Crippen LogP contribution is -2.55. The number of ether oxygens (including phenoxy) is 1. The van der Waals surface area contributed by atoms with E-state index in [0.717, 1.165) is 0 Å². The summed E-state index contributed by atoms with van der Waals surface area (Å²) in [7, 11) is 0. The molecule has 1 saturated heterocycles. The van der Waals surface area contributed by atoms with Crippen molar-refractivity contribution in [2.75, 3.05) is 13.2 Å². The van der Waals surface area contributed by atoms with E-state index in [0.29, 0.717) is 19.1 Å². The summed E-state index contributed by atoms with van der Waals surface area (Å²) in [6.45, 7) is 5.61. The van der Waals surface area contributed by atoms with Gasteiger partial charge in [0.1, 0.15) is 5.60 Å². The Morgan fingerprint density at radius 3 is 1.94 bits per heavy atom. The fourth-order valence-electron chi connectivity index (χ4n) is 2.69. The Labute approximate surface area is 107 Å². The number of unbranched alkanes of at least 4 members (excludes halogenated alkanes) is 5. The van der Waals surface area contributed by atoms with Gasteiger partial charge in [0.05, 0.1) is 13.2 Å². The van der Waals surface area contributed by atoms with Crippen molar-refractivity contribution >= 4 is 0 Å². The van der Waals surface area contributed by atoms with E-state index in [2.05, 4.69) is 13.8 Å². The molecule has 0 aliphatic carbocycles. The molecule has 1 N–H and O–H groups in total. The molecule has 0 spiro atoms. The summed E-state index contributed by atoms with van der Waals surface area (Å²) in [5.41, 5.74) is -0.486. The molecule has 0 aromatic carbocycles. The Morgan fingerprint density at radius 2 is 1.47 bits per heavy atom. The minimum absolute atomic E-state index is 0.472. The van der Waals surface area contributed by atoms with Gasteiger partial charge in [-0.1, -0.05) is 58.8 Å². The first-order valence-electron chi connectivity index (χ1n) is 7.53. The van der Waals surface area contributed by atoms with Crippen LogP contribution in [0, 0.1) is 5.92 Å². The van der Waals surface area contributed by atoms with Gasteiger partial charge < -0.3 is 9.84 Å². The van der Waals surface area contributed by atoms with E-state index >= 15 is 0 Å². The topological polar surface area (TPSA) is 29.5 Å². The second-order valence-corrected chi connectivity index (χ2v) is 5.64. The van der Waals surface area contributed by atoms with E-state index < -0.39 is 5.60 Å². The van der Waals surface area contributed by atoms with Crippen LogP contribution < -0.4 is 0 Å². The van der Waals surface area contributed by atoms with Crippen molar-refractivity contribution in [3.8, 4) is 0 Å². The Bertz CT molecular complexity index is 187. The van der Waals surface area contributed by atoms with Gasteiger partial charge in [0.25, 0.3) is 0 Å². The molecule has 0 bridgehead atoms. The lowest BCUT2D eigenvalue weighted by molar-refractivity contribution is -0.210. The van der Waals surface area contributed by atoms with Gasteiger partial charge in [-0.15, -0.1) is 0 Å². The Hall–Kier alpha value is -0.0800. The molecule has 0 amide bonds. The van der Waals surface area contributed by atoms with E-state index in [4.69, 9.17) is 4.74 Å². The second kappa shape index (κ2) is 8.10. The number of aliphatic hydroxyl groups is 1. The number of hydrogen-bond donors (Lipinski definition) is 1. The Morgan fingerprint density at radius 1 is 0.941 bits per heavy atom. The van der Waals surface area contributed by atoms with Crippen LogP contribution in [0.25, 0.3) is 0 Å². The normalized spacial score (nSPS) is 19.9. The minimum Gasteiger partial charge on any atom is -0.385 e. The maximum Gasteiger partial charge on any atom is 0.114 e. The van der Waals surface area contributed by atoms with Crippen LogP contribution in [0.15, 0.2) is 0 Å². The van der Waals surface area contributed by atoms with Gasteiger partial charge in [0, 0.05) is 0 Å². The van der Waals surface area contributed by atoms with Crippen molar-refractivity contribution in [3.63, 3.8) is 0 Å². The van der Waals surface area contributed by atoms with Crippen molar-refractivity contribution in [2.45, 2.75) is 77.2 Å². The zero-order valence-corrected chi connectivity index (χ0v) is 11.7. The van der Waals surface area contributed by atoms with Gasteiger partial charge in [0.2, 0.25) is 0 Å². The van der Waals surface area contributed by atoms with Crippen molar-refractivity contribution in [1.29, 1.82) is 0 Å². The molecule has 1 atom stereocenters. The highest BCUT2D eigenvalue weighted by Crippen LogP contribution is 2.34. The van der Waals surface area contributed by atoms with Crippen LogP contribution in [-0.2, 0) is 4.74 Å². The third-order valence-electron chi connectivity index (χ3n) is 4.03. The maximum absolute atomic E-state index is 10.4. The lowest BCUT2D eigenvalue weighted by Gasteiger charge is -2.43. The van der Waals surface area contributed by atoms with Crippen LogP contribution in [0.1, 0.15) is 71.6 Å². The lowest BCUT2D eigenvalue weighted by atomic mass is 9.79. The third-order valence-corrected chi connectivity index (χ3v) is 4.03. The molecule has 102 valence electrons. The largest absolute Gasteiger partial charge is 0.385 e. The highest BCUT2D eigenvalue weighted by atomic mass is 16.5. The van der Waals surface area contributed by atoms with E-state index in [1.807, 2.05) is 0 Å². The average Bonchev–Trinajstić information content (AvgIpc) is 2.29.